The number of aromatic nitrogens is 2. The molecule has 0 atom stereocenters. The van der Waals surface area contributed by atoms with E-state index in [4.69, 9.17) is 0 Å². The molecule has 3 heterocycles. The maximum Gasteiger partial charge on any atom is 0.272 e. The number of carbonyl (C=O) groups excluding carboxylic acids is 1. The fourth-order valence-electron chi connectivity index (χ4n) is 4.89. The molecule has 0 saturated carbocycles. The topological polar surface area (TPSA) is 50.2 Å². The highest BCUT2D eigenvalue weighted by Gasteiger charge is 2.28. The molecule has 1 aromatic heterocycles. The molecule has 7 heteroatoms. The molecule has 5 rings (SSSR count). The van der Waals surface area contributed by atoms with Crippen molar-refractivity contribution in [3.63, 3.8) is 0 Å². The van der Waals surface area contributed by atoms with Gasteiger partial charge in [0.1, 0.15) is 5.82 Å². The number of carbonyl (C=O) groups is 1. The molecule has 2 aliphatic rings. The van der Waals surface area contributed by atoms with Crippen LogP contribution >= 0.6 is 11.8 Å². The van der Waals surface area contributed by atoms with Crippen LogP contribution in [0.25, 0.3) is 11.3 Å². The van der Waals surface area contributed by atoms with Crippen LogP contribution in [0, 0.1) is 18.7 Å². The van der Waals surface area contributed by atoms with Gasteiger partial charge < -0.3 is 5.32 Å². The summed E-state index contributed by atoms with van der Waals surface area (Å²) in [6.07, 6.45) is 2.05. The van der Waals surface area contributed by atoms with Crippen molar-refractivity contribution in [2.45, 2.75) is 37.0 Å². The lowest BCUT2D eigenvalue weighted by atomic mass is 9.96. The third kappa shape index (κ3) is 4.70. The summed E-state index contributed by atoms with van der Waals surface area (Å²) in [5.41, 5.74) is 6.03. The number of amides is 1. The molecule has 2 aliphatic heterocycles. The minimum atomic E-state index is -0.182. The van der Waals surface area contributed by atoms with Crippen LogP contribution in [-0.4, -0.2) is 40.2 Å². The van der Waals surface area contributed by atoms with Crippen LogP contribution in [0.2, 0.25) is 0 Å². The second-order valence-electron chi connectivity index (χ2n) is 9.15. The van der Waals surface area contributed by atoms with Crippen LogP contribution in [0.4, 0.5) is 4.39 Å². The van der Waals surface area contributed by atoms with Crippen molar-refractivity contribution in [1.82, 2.24) is 20.0 Å². The van der Waals surface area contributed by atoms with Crippen molar-refractivity contribution in [2.24, 2.45) is 13.0 Å². The Morgan fingerprint density at radius 2 is 2.03 bits per heavy atom. The predicted molar refractivity (Wildman–Crippen MR) is 130 cm³/mol. The zero-order valence-corrected chi connectivity index (χ0v) is 19.9. The SMILES string of the molecule is Cc1ccc2c(c1)-c1c(c(C(=O)NCC3CCN(Cc4cccc(F)c4)CC3)nn1C)CS2. The summed E-state index contributed by atoms with van der Waals surface area (Å²) in [5, 5.41) is 7.75. The molecule has 1 amide bonds. The van der Waals surface area contributed by atoms with Crippen molar-refractivity contribution in [1.29, 1.82) is 0 Å². The van der Waals surface area contributed by atoms with Crippen LogP contribution < -0.4 is 5.32 Å². The maximum atomic E-state index is 13.4. The molecular weight excluding hydrogens is 435 g/mol. The molecule has 5 nitrogen and oxygen atoms in total. The number of aryl methyl sites for hydroxylation is 2. The van der Waals surface area contributed by atoms with Gasteiger partial charge >= 0.3 is 0 Å². The van der Waals surface area contributed by atoms with Crippen molar-refractivity contribution < 1.29 is 9.18 Å². The number of hydrogen-bond acceptors (Lipinski definition) is 4. The minimum Gasteiger partial charge on any atom is -0.350 e. The number of nitrogens with zero attached hydrogens (tertiary/aromatic N) is 3. The lowest BCUT2D eigenvalue weighted by Gasteiger charge is -2.32. The Bertz CT molecular complexity index is 1180. The van der Waals surface area contributed by atoms with Gasteiger partial charge in [-0.25, -0.2) is 4.39 Å². The van der Waals surface area contributed by atoms with Crippen LogP contribution in [-0.2, 0) is 19.3 Å². The zero-order chi connectivity index (χ0) is 22.9. The largest absolute Gasteiger partial charge is 0.350 e. The van der Waals surface area contributed by atoms with Gasteiger partial charge in [0.25, 0.3) is 5.91 Å². The molecule has 0 unspecified atom stereocenters. The molecular formula is C26H29FN4OS. The molecule has 0 aliphatic carbocycles. The standard InChI is InChI=1S/C26H29FN4OS/c1-17-6-7-23-21(12-17)25-22(16-33-23)24(29-30(25)2)26(32)28-14-18-8-10-31(11-9-18)15-19-4-3-5-20(27)13-19/h3-7,12-13,18H,8-11,14-16H2,1-2H3,(H,28,32). The van der Waals surface area contributed by atoms with Gasteiger partial charge in [-0.05, 0) is 68.6 Å². The van der Waals surface area contributed by atoms with Gasteiger partial charge in [-0.15, -0.1) is 11.8 Å². The third-order valence-electron chi connectivity index (χ3n) is 6.68. The van der Waals surface area contributed by atoms with E-state index in [1.807, 2.05) is 17.8 Å². The van der Waals surface area contributed by atoms with Crippen molar-refractivity contribution in [2.75, 3.05) is 19.6 Å². The monoisotopic (exact) mass is 464 g/mol. The van der Waals surface area contributed by atoms with Gasteiger partial charge in [-0.1, -0.05) is 23.8 Å². The number of nitrogens with one attached hydrogen (secondary N) is 1. The van der Waals surface area contributed by atoms with Crippen molar-refractivity contribution in [3.05, 3.63) is 70.7 Å². The highest BCUT2D eigenvalue weighted by atomic mass is 32.2. The van der Waals surface area contributed by atoms with Crippen molar-refractivity contribution >= 4 is 17.7 Å². The predicted octanol–water partition coefficient (Wildman–Crippen LogP) is 4.78. The highest BCUT2D eigenvalue weighted by molar-refractivity contribution is 7.98. The van der Waals surface area contributed by atoms with Gasteiger partial charge in [0, 0.05) is 41.9 Å². The normalized spacial score (nSPS) is 16.3. The van der Waals surface area contributed by atoms with E-state index in [9.17, 15) is 9.18 Å². The molecule has 0 radical (unpaired) electrons. The van der Waals surface area contributed by atoms with E-state index in [0.29, 0.717) is 18.2 Å². The molecule has 172 valence electrons. The van der Waals surface area contributed by atoms with E-state index >= 15 is 0 Å². The first-order valence-electron chi connectivity index (χ1n) is 11.5. The quantitative estimate of drug-likeness (QED) is 0.590. The number of halogens is 1. The van der Waals surface area contributed by atoms with Gasteiger partial charge in [-0.3, -0.25) is 14.4 Å². The van der Waals surface area contributed by atoms with Gasteiger partial charge in [-0.2, -0.15) is 5.10 Å². The minimum absolute atomic E-state index is 0.0780. The fraction of sp³-hybridized carbons (Fsp3) is 0.385. The first kappa shape index (κ1) is 22.2. The molecule has 1 saturated heterocycles. The van der Waals surface area contributed by atoms with E-state index in [2.05, 4.69) is 40.4 Å². The molecule has 0 bridgehead atoms. The molecule has 3 aromatic rings. The second kappa shape index (κ2) is 9.31. The van der Waals surface area contributed by atoms with Crippen molar-refractivity contribution in [3.8, 4) is 11.3 Å². The average molecular weight is 465 g/mol. The third-order valence-corrected chi connectivity index (χ3v) is 7.78. The Kier molecular flexibility index (Phi) is 6.25. The summed E-state index contributed by atoms with van der Waals surface area (Å²) in [6.45, 7) is 5.45. The Balaban J connectivity index is 1.19. The number of piperidine rings is 1. The van der Waals surface area contributed by atoms with Crippen LogP contribution in [0.5, 0.6) is 0 Å². The first-order chi connectivity index (χ1) is 16.0. The van der Waals surface area contributed by atoms with E-state index in [1.54, 1.807) is 23.9 Å². The lowest BCUT2D eigenvalue weighted by molar-refractivity contribution is 0.0929. The van der Waals surface area contributed by atoms with Crippen LogP contribution in [0.1, 0.15) is 40.0 Å². The van der Waals surface area contributed by atoms with Crippen LogP contribution in [0.3, 0.4) is 0 Å². The van der Waals surface area contributed by atoms with Crippen LogP contribution in [0.15, 0.2) is 47.4 Å². The Hall–Kier alpha value is -2.64. The van der Waals surface area contributed by atoms with Gasteiger partial charge in [0.2, 0.25) is 0 Å². The van der Waals surface area contributed by atoms with Gasteiger partial charge in [0.05, 0.1) is 5.69 Å². The summed E-state index contributed by atoms with van der Waals surface area (Å²) in [7, 11) is 1.92. The fourth-order valence-corrected chi connectivity index (χ4v) is 5.94. The molecule has 33 heavy (non-hydrogen) atoms. The molecule has 2 aromatic carbocycles. The smallest absolute Gasteiger partial charge is 0.272 e. The number of hydrogen-bond donors (Lipinski definition) is 1. The summed E-state index contributed by atoms with van der Waals surface area (Å²) in [5.74, 6) is 0.958. The van der Waals surface area contributed by atoms with E-state index in [0.717, 1.165) is 55.0 Å². The summed E-state index contributed by atoms with van der Waals surface area (Å²) in [4.78, 5) is 16.7. The molecule has 1 N–H and O–H groups in total. The average Bonchev–Trinajstić information content (AvgIpc) is 3.15. The summed E-state index contributed by atoms with van der Waals surface area (Å²) in [6, 6.07) is 13.3. The Morgan fingerprint density at radius 3 is 2.82 bits per heavy atom. The summed E-state index contributed by atoms with van der Waals surface area (Å²) >= 11 is 1.77. The van der Waals surface area contributed by atoms with E-state index in [-0.39, 0.29) is 11.7 Å². The molecule has 1 fully saturated rings. The van der Waals surface area contributed by atoms with E-state index in [1.165, 1.54) is 22.1 Å². The Labute approximate surface area is 198 Å². The lowest BCUT2D eigenvalue weighted by Crippen LogP contribution is -2.38. The Morgan fingerprint density at radius 1 is 1.21 bits per heavy atom. The maximum absolute atomic E-state index is 13.4. The van der Waals surface area contributed by atoms with E-state index < -0.39 is 0 Å². The molecule has 0 spiro atoms. The second-order valence-corrected chi connectivity index (χ2v) is 10.2. The number of rotatable bonds is 5. The number of likely N-dealkylation sites (tertiary alicyclic amines) is 1. The number of benzene rings is 2. The number of fused-ring (bicyclic) bond motifs is 3. The summed E-state index contributed by atoms with van der Waals surface area (Å²) < 4.78 is 15.3. The number of thioether (sulfide) groups is 1. The van der Waals surface area contributed by atoms with Gasteiger partial charge in [0.15, 0.2) is 5.69 Å². The zero-order valence-electron chi connectivity index (χ0n) is 19.1. The highest BCUT2D eigenvalue weighted by Crippen LogP contribution is 2.42. The first-order valence-corrected chi connectivity index (χ1v) is 12.5.